The average Bonchev–Trinajstić information content (AvgIpc) is 2.20. The molecule has 1 aliphatic carbocycles. The van der Waals surface area contributed by atoms with Gasteiger partial charge in [0.05, 0.1) is 6.10 Å². The molecule has 7 heteroatoms. The first-order chi connectivity index (χ1) is 7.82. The summed E-state index contributed by atoms with van der Waals surface area (Å²) in [6.45, 7) is 2.30. The molecular weight excluding hydrogens is 232 g/mol. The quantitative estimate of drug-likeness (QED) is 0.501. The van der Waals surface area contributed by atoms with Crippen LogP contribution >= 0.6 is 0 Å². The van der Waals surface area contributed by atoms with Crippen LogP contribution in [0, 0.1) is 0 Å². The minimum atomic E-state index is -1.49. The van der Waals surface area contributed by atoms with Gasteiger partial charge in [-0.1, -0.05) is 0 Å². The van der Waals surface area contributed by atoms with E-state index in [2.05, 4.69) is 0 Å². The molecule has 0 aromatic heterocycles. The van der Waals surface area contributed by atoms with Crippen LogP contribution in [-0.4, -0.2) is 57.8 Å². The van der Waals surface area contributed by atoms with Gasteiger partial charge in [0, 0.05) is 20.3 Å². The Bertz CT molecular complexity index is 303. The molecule has 98 valence electrons. The van der Waals surface area contributed by atoms with Crippen molar-refractivity contribution in [2.24, 2.45) is 0 Å². The Morgan fingerprint density at radius 1 is 1.00 bits per heavy atom. The van der Waals surface area contributed by atoms with Crippen molar-refractivity contribution >= 4 is 11.9 Å². The van der Waals surface area contributed by atoms with Crippen molar-refractivity contribution in [3.63, 3.8) is 0 Å². The smallest absolute Gasteiger partial charge is 0.303 e. The van der Waals surface area contributed by atoms with Gasteiger partial charge in [0.1, 0.15) is 18.3 Å². The third-order valence-corrected chi connectivity index (χ3v) is 2.54. The van der Waals surface area contributed by atoms with Gasteiger partial charge < -0.3 is 24.8 Å². The maximum Gasteiger partial charge on any atom is 0.303 e. The van der Waals surface area contributed by atoms with Crippen LogP contribution in [0.1, 0.15) is 20.3 Å². The summed E-state index contributed by atoms with van der Waals surface area (Å²) < 4.78 is 9.64. The lowest BCUT2D eigenvalue weighted by Gasteiger charge is -2.39. The SMILES string of the molecule is CC(=O)O[C@@H]1[C@@H](O)[C@@H](O)[C@H](O)C[C@H]1OC(C)=O. The molecule has 5 atom stereocenters. The molecule has 1 saturated carbocycles. The molecule has 0 aromatic rings. The Morgan fingerprint density at radius 2 is 1.53 bits per heavy atom. The summed E-state index contributed by atoms with van der Waals surface area (Å²) in [6.07, 6.45) is -6.41. The molecule has 1 rings (SSSR count). The summed E-state index contributed by atoms with van der Waals surface area (Å²) in [5.41, 5.74) is 0. The first-order valence-electron chi connectivity index (χ1n) is 5.21. The molecule has 0 spiro atoms. The Kier molecular flexibility index (Phi) is 4.44. The number of aliphatic hydroxyl groups excluding tert-OH is 3. The molecule has 0 heterocycles. The summed E-state index contributed by atoms with van der Waals surface area (Å²) in [4.78, 5) is 21.7. The average molecular weight is 248 g/mol. The largest absolute Gasteiger partial charge is 0.458 e. The minimum Gasteiger partial charge on any atom is -0.458 e. The number of ether oxygens (including phenoxy) is 2. The highest BCUT2D eigenvalue weighted by Crippen LogP contribution is 2.25. The second-order valence-electron chi connectivity index (χ2n) is 4.01. The fourth-order valence-corrected chi connectivity index (χ4v) is 1.82. The van der Waals surface area contributed by atoms with Crippen LogP contribution in [0.4, 0.5) is 0 Å². The molecule has 0 bridgehead atoms. The lowest BCUT2D eigenvalue weighted by Crippen LogP contribution is -2.58. The van der Waals surface area contributed by atoms with Crippen molar-refractivity contribution < 1.29 is 34.4 Å². The van der Waals surface area contributed by atoms with Gasteiger partial charge in [-0.3, -0.25) is 9.59 Å². The van der Waals surface area contributed by atoms with Crippen LogP contribution in [0.25, 0.3) is 0 Å². The first-order valence-corrected chi connectivity index (χ1v) is 5.21. The number of hydrogen-bond donors (Lipinski definition) is 3. The topological polar surface area (TPSA) is 113 Å². The molecule has 0 aromatic carbocycles. The van der Waals surface area contributed by atoms with Crippen LogP contribution < -0.4 is 0 Å². The Hall–Kier alpha value is -1.18. The molecule has 0 amide bonds. The minimum absolute atomic E-state index is 0.101. The fraction of sp³-hybridized carbons (Fsp3) is 0.800. The zero-order valence-corrected chi connectivity index (χ0v) is 9.57. The molecule has 0 aliphatic heterocycles. The van der Waals surface area contributed by atoms with Crippen LogP contribution in [0.2, 0.25) is 0 Å². The van der Waals surface area contributed by atoms with Crippen LogP contribution in [-0.2, 0) is 19.1 Å². The number of rotatable bonds is 2. The van der Waals surface area contributed by atoms with Gasteiger partial charge >= 0.3 is 11.9 Å². The van der Waals surface area contributed by atoms with E-state index in [1.165, 1.54) is 0 Å². The van der Waals surface area contributed by atoms with Crippen molar-refractivity contribution in [3.05, 3.63) is 0 Å². The Labute approximate surface area is 98.0 Å². The van der Waals surface area contributed by atoms with E-state index >= 15 is 0 Å². The predicted molar refractivity (Wildman–Crippen MR) is 53.7 cm³/mol. The van der Waals surface area contributed by atoms with Gasteiger partial charge in [-0.2, -0.15) is 0 Å². The van der Waals surface area contributed by atoms with E-state index in [0.29, 0.717) is 0 Å². The van der Waals surface area contributed by atoms with Crippen molar-refractivity contribution in [2.75, 3.05) is 0 Å². The molecule has 1 aliphatic rings. The van der Waals surface area contributed by atoms with Crippen LogP contribution in [0.15, 0.2) is 0 Å². The van der Waals surface area contributed by atoms with E-state index in [4.69, 9.17) is 9.47 Å². The van der Waals surface area contributed by atoms with Gasteiger partial charge in [0.2, 0.25) is 0 Å². The second-order valence-corrected chi connectivity index (χ2v) is 4.01. The number of carbonyl (C=O) groups excluding carboxylic acids is 2. The zero-order chi connectivity index (χ0) is 13.2. The number of carbonyl (C=O) groups is 2. The van der Waals surface area contributed by atoms with E-state index in [9.17, 15) is 24.9 Å². The molecule has 1 fully saturated rings. The first kappa shape index (κ1) is 13.9. The van der Waals surface area contributed by atoms with E-state index in [-0.39, 0.29) is 6.42 Å². The molecule has 7 nitrogen and oxygen atoms in total. The predicted octanol–water partition coefficient (Wildman–Crippen LogP) is -1.66. The van der Waals surface area contributed by atoms with Crippen molar-refractivity contribution in [2.45, 2.75) is 50.8 Å². The highest BCUT2D eigenvalue weighted by molar-refractivity contribution is 5.67. The summed E-state index contributed by atoms with van der Waals surface area (Å²) in [5.74, 6) is -1.29. The van der Waals surface area contributed by atoms with Gasteiger partial charge in [0.15, 0.2) is 6.10 Å². The summed E-state index contributed by atoms with van der Waals surface area (Å²) >= 11 is 0. The monoisotopic (exact) mass is 248 g/mol. The number of hydrogen-bond acceptors (Lipinski definition) is 7. The van der Waals surface area contributed by atoms with E-state index in [0.717, 1.165) is 13.8 Å². The third kappa shape index (κ3) is 3.39. The van der Waals surface area contributed by atoms with E-state index < -0.39 is 42.5 Å². The van der Waals surface area contributed by atoms with Crippen LogP contribution in [0.5, 0.6) is 0 Å². The van der Waals surface area contributed by atoms with Crippen LogP contribution in [0.3, 0.4) is 0 Å². The summed E-state index contributed by atoms with van der Waals surface area (Å²) in [6, 6.07) is 0. The maximum absolute atomic E-state index is 10.9. The maximum atomic E-state index is 10.9. The molecule has 0 unspecified atom stereocenters. The normalized spacial score (nSPS) is 37.4. The van der Waals surface area contributed by atoms with Gasteiger partial charge in [-0.05, 0) is 0 Å². The zero-order valence-electron chi connectivity index (χ0n) is 9.57. The Balaban J connectivity index is 2.82. The van der Waals surface area contributed by atoms with Gasteiger partial charge in [-0.15, -0.1) is 0 Å². The lowest BCUT2D eigenvalue weighted by molar-refractivity contribution is -0.209. The molecule has 0 saturated heterocycles. The Morgan fingerprint density at radius 3 is 2.00 bits per heavy atom. The molecule has 0 radical (unpaired) electrons. The summed E-state index contributed by atoms with van der Waals surface area (Å²) in [5, 5.41) is 28.6. The van der Waals surface area contributed by atoms with E-state index in [1.807, 2.05) is 0 Å². The van der Waals surface area contributed by atoms with Gasteiger partial charge in [-0.25, -0.2) is 0 Å². The summed E-state index contributed by atoms with van der Waals surface area (Å²) in [7, 11) is 0. The number of esters is 2. The standard InChI is InChI=1S/C10H16O7/c1-4(11)16-7-3-6(13)8(14)9(15)10(7)17-5(2)12/h6-10,13-15H,3H2,1-2H3/t6-,7-,8+,9+,10+/m1/s1. The molecule has 17 heavy (non-hydrogen) atoms. The van der Waals surface area contributed by atoms with E-state index in [1.54, 1.807) is 0 Å². The van der Waals surface area contributed by atoms with Gasteiger partial charge in [0.25, 0.3) is 0 Å². The van der Waals surface area contributed by atoms with Crippen molar-refractivity contribution in [1.82, 2.24) is 0 Å². The van der Waals surface area contributed by atoms with Crippen molar-refractivity contribution in [1.29, 1.82) is 0 Å². The fourth-order valence-electron chi connectivity index (χ4n) is 1.82. The second kappa shape index (κ2) is 5.44. The third-order valence-electron chi connectivity index (χ3n) is 2.54. The molecule has 3 N–H and O–H groups in total. The molecular formula is C10H16O7. The highest BCUT2D eigenvalue weighted by Gasteiger charge is 2.46. The number of aliphatic hydroxyl groups is 3. The van der Waals surface area contributed by atoms with Crippen molar-refractivity contribution in [3.8, 4) is 0 Å². The lowest BCUT2D eigenvalue weighted by atomic mass is 9.87. The highest BCUT2D eigenvalue weighted by atomic mass is 16.6.